The van der Waals surface area contributed by atoms with Crippen molar-refractivity contribution in [3.05, 3.63) is 35.9 Å². The largest absolute Gasteiger partial charge is 0.353 e. The second-order valence-electron chi connectivity index (χ2n) is 6.67. The Hall–Kier alpha value is -2.44. The molecule has 0 aromatic carbocycles. The van der Waals surface area contributed by atoms with Gasteiger partial charge in [-0.2, -0.15) is 4.98 Å². The molecule has 4 rings (SSSR count). The molecular weight excluding hydrogens is 319 g/mol. The van der Waals surface area contributed by atoms with Crippen molar-refractivity contribution >= 4 is 17.6 Å². The molecule has 2 aliphatic rings. The number of aromatic nitrogens is 3. The monoisotopic (exact) mass is 342 g/mol. The van der Waals surface area contributed by atoms with Crippen molar-refractivity contribution < 1.29 is 4.39 Å². The van der Waals surface area contributed by atoms with Gasteiger partial charge in [-0.05, 0) is 31.9 Å². The first-order valence-corrected chi connectivity index (χ1v) is 8.91. The number of pyridine rings is 1. The van der Waals surface area contributed by atoms with Gasteiger partial charge in [-0.1, -0.05) is 0 Å². The van der Waals surface area contributed by atoms with Crippen molar-refractivity contribution in [1.29, 1.82) is 0 Å². The third-order valence-electron chi connectivity index (χ3n) is 4.86. The minimum absolute atomic E-state index is 0.298. The van der Waals surface area contributed by atoms with E-state index in [0.717, 1.165) is 62.5 Å². The van der Waals surface area contributed by atoms with E-state index in [-0.39, 0.29) is 5.82 Å². The predicted octanol–water partition coefficient (Wildman–Crippen LogP) is 2.25. The smallest absolute Gasteiger partial charge is 0.227 e. The fraction of sp³-hybridized carbons (Fsp3) is 0.500. The van der Waals surface area contributed by atoms with E-state index in [4.69, 9.17) is 4.98 Å². The predicted molar refractivity (Wildman–Crippen MR) is 96.8 cm³/mol. The second kappa shape index (κ2) is 6.82. The lowest BCUT2D eigenvalue weighted by Gasteiger charge is -2.36. The van der Waals surface area contributed by atoms with Crippen LogP contribution in [0.15, 0.2) is 24.4 Å². The van der Waals surface area contributed by atoms with Gasteiger partial charge in [-0.15, -0.1) is 0 Å². The molecule has 2 aromatic rings. The average Bonchev–Trinajstić information content (AvgIpc) is 3.17. The summed E-state index contributed by atoms with van der Waals surface area (Å²) < 4.78 is 13.0. The fourth-order valence-electron chi connectivity index (χ4n) is 3.48. The van der Waals surface area contributed by atoms with Gasteiger partial charge >= 0.3 is 0 Å². The van der Waals surface area contributed by atoms with Crippen LogP contribution in [0, 0.1) is 12.7 Å². The zero-order valence-electron chi connectivity index (χ0n) is 14.5. The molecule has 0 radical (unpaired) electrons. The molecule has 0 unspecified atom stereocenters. The van der Waals surface area contributed by atoms with Crippen LogP contribution in [0.5, 0.6) is 0 Å². The first kappa shape index (κ1) is 16.1. The number of hydrogen-bond donors (Lipinski definition) is 0. The molecule has 2 aliphatic heterocycles. The van der Waals surface area contributed by atoms with Crippen LogP contribution in [-0.2, 0) is 0 Å². The van der Waals surface area contributed by atoms with Crippen molar-refractivity contribution in [3.8, 4) is 0 Å². The Morgan fingerprint density at radius 2 is 1.52 bits per heavy atom. The summed E-state index contributed by atoms with van der Waals surface area (Å²) in [6.45, 7) is 7.56. The molecule has 2 fully saturated rings. The molecule has 132 valence electrons. The first-order chi connectivity index (χ1) is 12.2. The number of anilines is 3. The summed E-state index contributed by atoms with van der Waals surface area (Å²) in [5.41, 5.74) is 1.01. The van der Waals surface area contributed by atoms with Gasteiger partial charge < -0.3 is 14.7 Å². The maximum absolute atomic E-state index is 13.0. The topological polar surface area (TPSA) is 48.4 Å². The van der Waals surface area contributed by atoms with E-state index in [9.17, 15) is 4.39 Å². The van der Waals surface area contributed by atoms with Gasteiger partial charge in [0.2, 0.25) is 5.95 Å². The zero-order valence-corrected chi connectivity index (χ0v) is 14.5. The van der Waals surface area contributed by atoms with Gasteiger partial charge in [0, 0.05) is 51.0 Å². The van der Waals surface area contributed by atoms with Gasteiger partial charge in [0.1, 0.15) is 17.5 Å². The molecular formula is C18H23FN6. The highest BCUT2D eigenvalue weighted by Gasteiger charge is 2.22. The number of rotatable bonds is 3. The second-order valence-corrected chi connectivity index (χ2v) is 6.67. The molecule has 0 spiro atoms. The third kappa shape index (κ3) is 3.50. The minimum atomic E-state index is -0.298. The van der Waals surface area contributed by atoms with Gasteiger partial charge in [0.15, 0.2) is 0 Å². The molecule has 25 heavy (non-hydrogen) atoms. The lowest BCUT2D eigenvalue weighted by Crippen LogP contribution is -2.47. The van der Waals surface area contributed by atoms with Crippen molar-refractivity contribution in [2.75, 3.05) is 54.0 Å². The minimum Gasteiger partial charge on any atom is -0.353 e. The van der Waals surface area contributed by atoms with E-state index in [1.807, 2.05) is 6.92 Å². The van der Waals surface area contributed by atoms with Crippen molar-refractivity contribution in [1.82, 2.24) is 15.0 Å². The molecule has 0 N–H and O–H groups in total. The lowest BCUT2D eigenvalue weighted by molar-refractivity contribution is 0.614. The standard InChI is InChI=1S/C18H23FN6/c1-14-12-17(22-18(21-14)25-6-2-3-7-25)24-10-8-23(9-11-24)16-5-4-15(19)13-20-16/h4-5,12-13H,2-3,6-11H2,1H3. The van der Waals surface area contributed by atoms with Gasteiger partial charge in [-0.25, -0.2) is 14.4 Å². The summed E-state index contributed by atoms with van der Waals surface area (Å²) in [5, 5.41) is 0. The molecule has 0 aliphatic carbocycles. The highest BCUT2D eigenvalue weighted by atomic mass is 19.1. The quantitative estimate of drug-likeness (QED) is 0.853. The van der Waals surface area contributed by atoms with Crippen molar-refractivity contribution in [3.63, 3.8) is 0 Å². The van der Waals surface area contributed by atoms with Crippen LogP contribution in [0.25, 0.3) is 0 Å². The lowest BCUT2D eigenvalue weighted by atomic mass is 10.3. The molecule has 2 aromatic heterocycles. The number of halogens is 1. The number of nitrogens with zero attached hydrogens (tertiary/aromatic N) is 6. The number of aryl methyl sites for hydroxylation is 1. The highest BCUT2D eigenvalue weighted by molar-refractivity contribution is 5.49. The Kier molecular flexibility index (Phi) is 4.38. The van der Waals surface area contributed by atoms with E-state index in [1.165, 1.54) is 25.1 Å². The van der Waals surface area contributed by atoms with E-state index < -0.39 is 0 Å². The van der Waals surface area contributed by atoms with Crippen molar-refractivity contribution in [2.45, 2.75) is 19.8 Å². The van der Waals surface area contributed by atoms with Crippen LogP contribution >= 0.6 is 0 Å². The van der Waals surface area contributed by atoms with Crippen LogP contribution in [0.1, 0.15) is 18.5 Å². The van der Waals surface area contributed by atoms with Crippen LogP contribution in [0.3, 0.4) is 0 Å². The molecule has 2 saturated heterocycles. The molecule has 4 heterocycles. The molecule has 0 atom stereocenters. The Morgan fingerprint density at radius 1 is 0.840 bits per heavy atom. The summed E-state index contributed by atoms with van der Waals surface area (Å²) in [6.07, 6.45) is 3.71. The van der Waals surface area contributed by atoms with Crippen LogP contribution < -0.4 is 14.7 Å². The molecule has 0 amide bonds. The maximum Gasteiger partial charge on any atom is 0.227 e. The Balaban J connectivity index is 1.46. The fourth-order valence-corrected chi connectivity index (χ4v) is 3.48. The van der Waals surface area contributed by atoms with Crippen LogP contribution in [0.4, 0.5) is 22.0 Å². The van der Waals surface area contributed by atoms with Gasteiger partial charge in [0.05, 0.1) is 6.20 Å². The summed E-state index contributed by atoms with van der Waals surface area (Å²) in [7, 11) is 0. The summed E-state index contributed by atoms with van der Waals surface area (Å²) in [5.74, 6) is 2.39. The molecule has 0 saturated carbocycles. The number of piperazine rings is 1. The average molecular weight is 342 g/mol. The zero-order chi connectivity index (χ0) is 17.2. The van der Waals surface area contributed by atoms with E-state index >= 15 is 0 Å². The van der Waals surface area contributed by atoms with Crippen molar-refractivity contribution in [2.24, 2.45) is 0 Å². The summed E-state index contributed by atoms with van der Waals surface area (Å²) in [6, 6.07) is 5.27. The summed E-state index contributed by atoms with van der Waals surface area (Å²) >= 11 is 0. The Bertz CT molecular complexity index is 721. The van der Waals surface area contributed by atoms with Gasteiger partial charge in [-0.3, -0.25) is 0 Å². The third-order valence-corrected chi connectivity index (χ3v) is 4.86. The Morgan fingerprint density at radius 3 is 2.16 bits per heavy atom. The summed E-state index contributed by atoms with van der Waals surface area (Å²) in [4.78, 5) is 20.4. The highest BCUT2D eigenvalue weighted by Crippen LogP contribution is 2.22. The van der Waals surface area contributed by atoms with E-state index in [0.29, 0.717) is 0 Å². The first-order valence-electron chi connectivity index (χ1n) is 8.91. The molecule has 0 bridgehead atoms. The normalized spacial score (nSPS) is 18.1. The van der Waals surface area contributed by atoms with Crippen LogP contribution in [0.2, 0.25) is 0 Å². The van der Waals surface area contributed by atoms with Gasteiger partial charge in [0.25, 0.3) is 0 Å². The SMILES string of the molecule is Cc1cc(N2CCN(c3ccc(F)cn3)CC2)nc(N2CCCC2)n1. The molecule has 6 nitrogen and oxygen atoms in total. The van der Waals surface area contributed by atoms with E-state index in [1.54, 1.807) is 6.07 Å². The number of hydrogen-bond acceptors (Lipinski definition) is 6. The Labute approximate surface area is 147 Å². The van der Waals surface area contributed by atoms with Crippen LogP contribution in [-0.4, -0.2) is 54.2 Å². The maximum atomic E-state index is 13.0. The van der Waals surface area contributed by atoms with E-state index in [2.05, 4.69) is 30.7 Å². The molecule has 7 heteroatoms.